The summed E-state index contributed by atoms with van der Waals surface area (Å²) in [6.45, 7) is 5.36. The quantitative estimate of drug-likeness (QED) is 0.874. The molecule has 1 spiro atoms. The summed E-state index contributed by atoms with van der Waals surface area (Å²) in [6, 6.07) is 1.91. The molecule has 1 amide bonds. The summed E-state index contributed by atoms with van der Waals surface area (Å²) in [4.78, 5) is 27.3. The summed E-state index contributed by atoms with van der Waals surface area (Å²) in [5.74, 6) is 0.978. The molecule has 2 aliphatic heterocycles. The lowest BCUT2D eigenvalue weighted by Crippen LogP contribution is -2.48. The third kappa shape index (κ3) is 3.36. The molecule has 0 bridgehead atoms. The predicted octanol–water partition coefficient (Wildman–Crippen LogP) is 2.85. The van der Waals surface area contributed by atoms with E-state index < -0.39 is 5.63 Å². The van der Waals surface area contributed by atoms with E-state index in [2.05, 4.69) is 5.32 Å². The molecule has 3 heterocycles. The van der Waals surface area contributed by atoms with Crippen LogP contribution in [0.15, 0.2) is 15.3 Å². The molecule has 0 radical (unpaired) electrons. The molecule has 1 aliphatic carbocycles. The molecule has 3 aliphatic rings. The molecule has 5 nitrogen and oxygen atoms in total. The van der Waals surface area contributed by atoms with Gasteiger partial charge in [-0.3, -0.25) is 4.79 Å². The lowest BCUT2D eigenvalue weighted by molar-refractivity contribution is 0.0547. The van der Waals surface area contributed by atoms with Crippen LogP contribution in [0.1, 0.15) is 66.1 Å². The van der Waals surface area contributed by atoms with Crippen LogP contribution in [0.25, 0.3) is 0 Å². The lowest BCUT2D eigenvalue weighted by atomic mass is 9.79. The van der Waals surface area contributed by atoms with E-state index in [1.54, 1.807) is 0 Å². The van der Waals surface area contributed by atoms with E-state index in [0.29, 0.717) is 5.92 Å². The molecule has 1 aromatic heterocycles. The van der Waals surface area contributed by atoms with Crippen LogP contribution in [-0.4, -0.2) is 37.0 Å². The Kier molecular flexibility index (Phi) is 5.26. The normalized spacial score (nSPS) is 26.4. The van der Waals surface area contributed by atoms with Gasteiger partial charge in [0, 0.05) is 31.0 Å². The first-order valence-corrected chi connectivity index (χ1v) is 9.23. The van der Waals surface area contributed by atoms with Gasteiger partial charge in [-0.15, -0.1) is 12.4 Å². The van der Waals surface area contributed by atoms with Gasteiger partial charge in [-0.1, -0.05) is 6.42 Å². The molecular formula is C19H27ClN2O3. The van der Waals surface area contributed by atoms with Crippen molar-refractivity contribution in [1.29, 1.82) is 0 Å². The van der Waals surface area contributed by atoms with E-state index in [1.165, 1.54) is 6.42 Å². The summed E-state index contributed by atoms with van der Waals surface area (Å²) < 4.78 is 5.51. The number of hydrogen-bond donors (Lipinski definition) is 1. The Bertz CT molecular complexity index is 705. The first-order chi connectivity index (χ1) is 11.6. The van der Waals surface area contributed by atoms with Gasteiger partial charge in [0.2, 0.25) is 0 Å². The van der Waals surface area contributed by atoms with Crippen LogP contribution in [0.5, 0.6) is 0 Å². The van der Waals surface area contributed by atoms with Crippen LogP contribution in [0, 0.1) is 12.3 Å². The molecule has 0 aromatic carbocycles. The Morgan fingerprint density at radius 2 is 2.12 bits per heavy atom. The monoisotopic (exact) mass is 366 g/mol. The van der Waals surface area contributed by atoms with Gasteiger partial charge in [0.05, 0.1) is 0 Å². The van der Waals surface area contributed by atoms with Gasteiger partial charge in [-0.2, -0.15) is 0 Å². The van der Waals surface area contributed by atoms with E-state index in [0.717, 1.165) is 69.6 Å². The zero-order chi connectivity index (χ0) is 16.7. The fraction of sp³-hybridized carbons (Fsp3) is 0.684. The van der Waals surface area contributed by atoms with Crippen LogP contribution in [0.4, 0.5) is 0 Å². The number of halogens is 1. The van der Waals surface area contributed by atoms with Crippen molar-refractivity contribution in [3.05, 3.63) is 33.4 Å². The zero-order valence-electron chi connectivity index (χ0n) is 14.8. The van der Waals surface area contributed by atoms with Crippen molar-refractivity contribution in [3.63, 3.8) is 0 Å². The molecule has 6 heteroatoms. The van der Waals surface area contributed by atoms with Crippen molar-refractivity contribution in [2.45, 2.75) is 51.4 Å². The fourth-order valence-electron chi connectivity index (χ4n) is 4.47. The van der Waals surface area contributed by atoms with Crippen molar-refractivity contribution in [1.82, 2.24) is 10.2 Å². The van der Waals surface area contributed by atoms with Crippen molar-refractivity contribution < 1.29 is 9.21 Å². The topological polar surface area (TPSA) is 62.6 Å². The number of piperidine rings is 1. The number of aryl methyl sites for hydroxylation is 1. The minimum absolute atomic E-state index is 0. The third-order valence-electron chi connectivity index (χ3n) is 6.17. The molecule has 2 saturated heterocycles. The van der Waals surface area contributed by atoms with E-state index >= 15 is 0 Å². The van der Waals surface area contributed by atoms with E-state index in [4.69, 9.17) is 4.42 Å². The van der Waals surface area contributed by atoms with Crippen molar-refractivity contribution in [2.75, 3.05) is 26.2 Å². The average molecular weight is 367 g/mol. The van der Waals surface area contributed by atoms with Crippen molar-refractivity contribution in [2.24, 2.45) is 5.41 Å². The highest BCUT2D eigenvalue weighted by Crippen LogP contribution is 2.37. The van der Waals surface area contributed by atoms with Gasteiger partial charge in [0.15, 0.2) is 0 Å². The number of carbonyl (C=O) groups is 1. The summed E-state index contributed by atoms with van der Waals surface area (Å²) >= 11 is 0. The first kappa shape index (κ1) is 18.5. The van der Waals surface area contributed by atoms with Crippen LogP contribution in [-0.2, 0) is 0 Å². The van der Waals surface area contributed by atoms with E-state index in [-0.39, 0.29) is 29.3 Å². The highest BCUT2D eigenvalue weighted by Gasteiger charge is 2.40. The largest absolute Gasteiger partial charge is 0.427 e. The second-order valence-electron chi connectivity index (χ2n) is 7.88. The maximum Gasteiger partial charge on any atom is 0.349 e. The summed E-state index contributed by atoms with van der Waals surface area (Å²) in [7, 11) is 0. The maximum atomic E-state index is 13.0. The van der Waals surface area contributed by atoms with Crippen molar-refractivity contribution in [3.8, 4) is 0 Å². The van der Waals surface area contributed by atoms with E-state index in [1.807, 2.05) is 17.9 Å². The SMILES string of the molecule is Cc1cc(C2CCC2)oc(=O)c1C(=O)N1CCCC2(CCNC2)C1.Cl. The number of likely N-dealkylation sites (tertiary alicyclic amines) is 1. The molecule has 25 heavy (non-hydrogen) atoms. The Morgan fingerprint density at radius 1 is 1.32 bits per heavy atom. The number of rotatable bonds is 2. The minimum Gasteiger partial charge on any atom is -0.427 e. The minimum atomic E-state index is -0.453. The van der Waals surface area contributed by atoms with Crippen LogP contribution in [0.3, 0.4) is 0 Å². The van der Waals surface area contributed by atoms with Gasteiger partial charge < -0.3 is 14.6 Å². The second kappa shape index (κ2) is 7.12. The average Bonchev–Trinajstić information content (AvgIpc) is 2.92. The maximum absolute atomic E-state index is 13.0. The number of nitrogens with zero attached hydrogens (tertiary/aromatic N) is 1. The Balaban J connectivity index is 0.00000182. The van der Waals surface area contributed by atoms with Gasteiger partial charge >= 0.3 is 5.63 Å². The van der Waals surface area contributed by atoms with Crippen LogP contribution < -0.4 is 10.9 Å². The standard InChI is InChI=1S/C19H26N2O3.ClH/c1-13-10-15(14-4-2-5-14)24-18(23)16(13)17(22)21-9-3-6-19(12-21)7-8-20-11-19;/h10,14,20H,2-9,11-12H2,1H3;1H. The molecule has 1 unspecified atom stereocenters. The predicted molar refractivity (Wildman–Crippen MR) is 98.6 cm³/mol. The summed E-state index contributed by atoms with van der Waals surface area (Å²) in [5.41, 5.74) is 0.753. The van der Waals surface area contributed by atoms with Crippen molar-refractivity contribution >= 4 is 18.3 Å². The molecule has 1 atom stereocenters. The van der Waals surface area contributed by atoms with E-state index in [9.17, 15) is 9.59 Å². The number of nitrogens with one attached hydrogen (secondary N) is 1. The molecule has 138 valence electrons. The smallest absolute Gasteiger partial charge is 0.349 e. The summed E-state index contributed by atoms with van der Waals surface area (Å²) in [5, 5.41) is 3.42. The second-order valence-corrected chi connectivity index (χ2v) is 7.88. The fourth-order valence-corrected chi connectivity index (χ4v) is 4.47. The molecule has 1 saturated carbocycles. The molecule has 1 aromatic rings. The Morgan fingerprint density at radius 3 is 2.72 bits per heavy atom. The number of amides is 1. The molecular weight excluding hydrogens is 340 g/mol. The first-order valence-electron chi connectivity index (χ1n) is 9.23. The van der Waals surface area contributed by atoms with Crippen LogP contribution >= 0.6 is 12.4 Å². The van der Waals surface area contributed by atoms with Gasteiger partial charge in [0.1, 0.15) is 11.3 Å². The molecule has 1 N–H and O–H groups in total. The third-order valence-corrected chi connectivity index (χ3v) is 6.17. The highest BCUT2D eigenvalue weighted by atomic mass is 35.5. The van der Waals surface area contributed by atoms with Gasteiger partial charge in [-0.05, 0) is 57.2 Å². The molecule has 3 fully saturated rings. The number of carbonyl (C=O) groups excluding carboxylic acids is 1. The van der Waals surface area contributed by atoms with Gasteiger partial charge in [0.25, 0.3) is 5.91 Å². The molecule has 4 rings (SSSR count). The Labute approximate surface area is 154 Å². The lowest BCUT2D eigenvalue weighted by Gasteiger charge is -2.40. The van der Waals surface area contributed by atoms with Gasteiger partial charge in [-0.25, -0.2) is 4.79 Å². The Hall–Kier alpha value is -1.33. The number of hydrogen-bond acceptors (Lipinski definition) is 4. The summed E-state index contributed by atoms with van der Waals surface area (Å²) in [6.07, 6.45) is 6.65. The highest BCUT2D eigenvalue weighted by molar-refractivity contribution is 5.95. The van der Waals surface area contributed by atoms with Crippen LogP contribution in [0.2, 0.25) is 0 Å². The zero-order valence-corrected chi connectivity index (χ0v) is 15.6.